The molecule has 0 rings (SSSR count). The van der Waals surface area contributed by atoms with Crippen LogP contribution in [0.15, 0.2) is 69.4 Å². The first-order valence-electron chi connectivity index (χ1n) is 14.5. The average Bonchev–Trinajstić information content (AvgIpc) is 2.84. The van der Waals surface area contributed by atoms with Gasteiger partial charge in [-0.05, 0) is 133 Å². The molecule has 0 aliphatic heterocycles. The Bertz CT molecular complexity index is 1080. The van der Waals surface area contributed by atoms with E-state index in [9.17, 15) is 14.4 Å². The van der Waals surface area contributed by atoms with Gasteiger partial charge in [0.25, 0.3) is 0 Å². The minimum atomic E-state index is -0.249. The lowest BCUT2D eigenvalue weighted by Gasteiger charge is -2.32. The number of hydrogen-bond acceptors (Lipinski definition) is 3. The van der Waals surface area contributed by atoms with E-state index in [1.165, 1.54) is 5.57 Å². The van der Waals surface area contributed by atoms with Crippen LogP contribution < -0.4 is 0 Å². The maximum absolute atomic E-state index is 13.2. The molecule has 0 aromatic rings. The van der Waals surface area contributed by atoms with Crippen LogP contribution in [0.3, 0.4) is 0 Å². The third-order valence-corrected chi connectivity index (χ3v) is 8.26. The van der Waals surface area contributed by atoms with Crippen molar-refractivity contribution < 1.29 is 14.4 Å². The molecule has 0 saturated carbocycles. The van der Waals surface area contributed by atoms with Crippen molar-refractivity contribution in [1.29, 1.82) is 0 Å². The van der Waals surface area contributed by atoms with Gasteiger partial charge >= 0.3 is 0 Å². The largest absolute Gasteiger partial charge is 0.290 e. The van der Waals surface area contributed by atoms with Gasteiger partial charge in [0.1, 0.15) is 0 Å². The minimum absolute atomic E-state index is 0.0347. The lowest BCUT2D eigenvalue weighted by atomic mass is 9.72. The first-order valence-corrected chi connectivity index (χ1v) is 14.5. The molecule has 0 aliphatic rings. The van der Waals surface area contributed by atoms with E-state index in [0.717, 1.165) is 52.7 Å². The third kappa shape index (κ3) is 11.6. The predicted molar refractivity (Wildman–Crippen MR) is 169 cm³/mol. The Morgan fingerprint density at radius 3 is 1.77 bits per heavy atom. The maximum atomic E-state index is 13.2. The first kappa shape index (κ1) is 36.5. The number of carbonyl (C=O) groups is 3. The fourth-order valence-electron chi connectivity index (χ4n) is 5.19. The molecule has 0 fully saturated rings. The molecule has 3 nitrogen and oxygen atoms in total. The molecule has 0 heterocycles. The van der Waals surface area contributed by atoms with Crippen LogP contribution in [-0.2, 0) is 14.4 Å². The molecule has 0 aromatic heterocycles. The molecule has 2 atom stereocenters. The second kappa shape index (κ2) is 16.5. The fourth-order valence-corrected chi connectivity index (χ4v) is 5.19. The van der Waals surface area contributed by atoms with E-state index in [0.29, 0.717) is 5.92 Å². The highest BCUT2D eigenvalue weighted by atomic mass is 16.1. The van der Waals surface area contributed by atoms with Crippen LogP contribution in [0.25, 0.3) is 0 Å². The van der Waals surface area contributed by atoms with E-state index < -0.39 is 0 Å². The van der Waals surface area contributed by atoms with Crippen molar-refractivity contribution in [2.24, 2.45) is 23.2 Å². The number of carbonyl (C=O) groups excluding carboxylic acids is 3. The van der Waals surface area contributed by atoms with Crippen LogP contribution in [0, 0.1) is 23.2 Å². The second-order valence-electron chi connectivity index (χ2n) is 12.4. The highest BCUT2D eigenvalue weighted by Gasteiger charge is 2.28. The first-order chi connectivity index (χ1) is 17.9. The predicted octanol–water partition coefficient (Wildman–Crippen LogP) is 9.91. The monoisotopic (exact) mass is 536 g/mol. The van der Waals surface area contributed by atoms with Crippen LogP contribution in [0.4, 0.5) is 0 Å². The van der Waals surface area contributed by atoms with E-state index in [2.05, 4.69) is 47.6 Å². The topological polar surface area (TPSA) is 51.2 Å². The van der Waals surface area contributed by atoms with Crippen molar-refractivity contribution in [3.05, 3.63) is 69.4 Å². The summed E-state index contributed by atoms with van der Waals surface area (Å²) in [5.41, 5.74) is 6.46. The van der Waals surface area contributed by atoms with Gasteiger partial charge < -0.3 is 0 Å². The Balaban J connectivity index is 6.49. The molecule has 0 bridgehead atoms. The van der Waals surface area contributed by atoms with Crippen LogP contribution in [0.2, 0.25) is 0 Å². The summed E-state index contributed by atoms with van der Waals surface area (Å²) in [5.74, 6) is 0.741. The molecule has 2 unspecified atom stereocenters. The molecule has 218 valence electrons. The lowest BCUT2D eigenvalue weighted by Crippen LogP contribution is -2.22. The normalized spacial score (nSPS) is 16.1. The third-order valence-electron chi connectivity index (χ3n) is 8.26. The van der Waals surface area contributed by atoms with Gasteiger partial charge in [0, 0.05) is 0 Å². The number of hydrogen-bond donors (Lipinski definition) is 0. The highest BCUT2D eigenvalue weighted by Crippen LogP contribution is 2.39. The molecule has 0 radical (unpaired) electrons. The summed E-state index contributed by atoms with van der Waals surface area (Å²) in [6.07, 6.45) is 11.4. The maximum Gasteiger partial charge on any atom is 0.181 e. The second-order valence-corrected chi connectivity index (χ2v) is 12.4. The molecule has 39 heavy (non-hydrogen) atoms. The zero-order chi connectivity index (χ0) is 30.7. The van der Waals surface area contributed by atoms with Crippen molar-refractivity contribution in [3.8, 4) is 0 Å². The zero-order valence-electron chi connectivity index (χ0n) is 27.5. The van der Waals surface area contributed by atoms with Gasteiger partial charge in [-0.2, -0.15) is 0 Å². The van der Waals surface area contributed by atoms with Gasteiger partial charge in [0.2, 0.25) is 0 Å². The standard InChI is InChI=1S/C36H56O3/c1-15-17-33(37)28(10)30(12)36(13,14)22-31(18-19-34(38)29(11)32(16-2)24(5)6)21-25(7)26(8)27(9)35(39)20-23(3)4/h15,17-20,24-25,31H,16,21-22H2,1-14H3/b17-15?,19-18+,27-26?,30-28?,32-29-. The van der Waals surface area contributed by atoms with E-state index in [1.54, 1.807) is 24.3 Å². The van der Waals surface area contributed by atoms with Crippen molar-refractivity contribution >= 4 is 17.3 Å². The van der Waals surface area contributed by atoms with E-state index in [4.69, 9.17) is 0 Å². The summed E-state index contributed by atoms with van der Waals surface area (Å²) >= 11 is 0. The SMILES string of the molecule is CC=CC(=O)C(C)=C(C)C(C)(C)CC(/C=C/C(=O)/C(C)=C(/CC)C(C)C)CC(C)C(C)=C(C)C(=O)C=C(C)C. The van der Waals surface area contributed by atoms with Crippen molar-refractivity contribution in [2.75, 3.05) is 0 Å². The Labute approximate surface area is 240 Å². The minimum Gasteiger partial charge on any atom is -0.290 e. The highest BCUT2D eigenvalue weighted by molar-refractivity contribution is 6.05. The molecular formula is C36H56O3. The quantitative estimate of drug-likeness (QED) is 0.196. The Hall–Kier alpha value is -2.55. The van der Waals surface area contributed by atoms with Gasteiger partial charge in [-0.15, -0.1) is 0 Å². The van der Waals surface area contributed by atoms with Crippen LogP contribution >= 0.6 is 0 Å². The zero-order valence-corrected chi connectivity index (χ0v) is 27.5. The van der Waals surface area contributed by atoms with Crippen LogP contribution in [0.5, 0.6) is 0 Å². The molecule has 0 amide bonds. The number of allylic oxidation sites excluding steroid dienone is 12. The Kier molecular flexibility index (Phi) is 15.4. The van der Waals surface area contributed by atoms with Gasteiger partial charge in [0.05, 0.1) is 0 Å². The molecule has 0 aliphatic carbocycles. The lowest BCUT2D eigenvalue weighted by molar-refractivity contribution is -0.112. The fraction of sp³-hybridized carbons (Fsp3) is 0.583. The van der Waals surface area contributed by atoms with Crippen LogP contribution in [-0.4, -0.2) is 17.3 Å². The summed E-state index contributed by atoms with van der Waals surface area (Å²) in [4.78, 5) is 38.5. The summed E-state index contributed by atoms with van der Waals surface area (Å²) in [7, 11) is 0. The molecule has 0 N–H and O–H groups in total. The Morgan fingerprint density at radius 1 is 0.769 bits per heavy atom. The smallest absolute Gasteiger partial charge is 0.181 e. The number of rotatable bonds is 15. The van der Waals surface area contributed by atoms with E-state index in [1.807, 2.05) is 55.4 Å². The molecular weight excluding hydrogens is 480 g/mol. The molecule has 0 aromatic carbocycles. The van der Waals surface area contributed by atoms with Gasteiger partial charge in [0.15, 0.2) is 17.3 Å². The summed E-state index contributed by atoms with van der Waals surface area (Å²) in [6.45, 7) is 28.4. The summed E-state index contributed by atoms with van der Waals surface area (Å²) < 4.78 is 0. The molecule has 3 heteroatoms. The molecule has 0 saturated heterocycles. The van der Waals surface area contributed by atoms with E-state index >= 15 is 0 Å². The molecule has 0 spiro atoms. The van der Waals surface area contributed by atoms with Crippen molar-refractivity contribution in [3.63, 3.8) is 0 Å². The van der Waals surface area contributed by atoms with Crippen LogP contribution in [0.1, 0.15) is 116 Å². The van der Waals surface area contributed by atoms with Gasteiger partial charge in [-0.1, -0.05) is 76.0 Å². The van der Waals surface area contributed by atoms with Crippen molar-refractivity contribution in [2.45, 2.75) is 116 Å². The van der Waals surface area contributed by atoms with Gasteiger partial charge in [-0.25, -0.2) is 0 Å². The van der Waals surface area contributed by atoms with Gasteiger partial charge in [-0.3, -0.25) is 14.4 Å². The Morgan fingerprint density at radius 2 is 1.31 bits per heavy atom. The average molecular weight is 537 g/mol. The van der Waals surface area contributed by atoms with Crippen molar-refractivity contribution in [1.82, 2.24) is 0 Å². The number of ketones is 3. The summed E-state index contributed by atoms with van der Waals surface area (Å²) in [5, 5.41) is 0. The van der Waals surface area contributed by atoms with E-state index in [-0.39, 0.29) is 34.6 Å². The summed E-state index contributed by atoms with van der Waals surface area (Å²) in [6, 6.07) is 0.